The molecule has 0 unspecified atom stereocenters. The molecule has 3 aromatic rings. The molecule has 0 spiro atoms. The molecule has 0 amide bonds. The van der Waals surface area contributed by atoms with Gasteiger partial charge in [0.2, 0.25) is 15.8 Å². The highest BCUT2D eigenvalue weighted by molar-refractivity contribution is 7.89. The van der Waals surface area contributed by atoms with Gasteiger partial charge in [-0.1, -0.05) is 23.4 Å². The van der Waals surface area contributed by atoms with E-state index in [2.05, 4.69) is 14.7 Å². The summed E-state index contributed by atoms with van der Waals surface area (Å²) < 4.78 is 68.6. The summed E-state index contributed by atoms with van der Waals surface area (Å²) >= 11 is 0. The Bertz CT molecular complexity index is 1130. The lowest BCUT2D eigenvalue weighted by Crippen LogP contribution is -2.60. The van der Waals surface area contributed by atoms with Crippen LogP contribution in [-0.2, 0) is 16.2 Å². The van der Waals surface area contributed by atoms with Gasteiger partial charge in [-0.05, 0) is 36.4 Å². The van der Waals surface area contributed by atoms with Crippen LogP contribution in [0.1, 0.15) is 5.89 Å². The van der Waals surface area contributed by atoms with Crippen molar-refractivity contribution in [3.8, 4) is 11.4 Å². The van der Waals surface area contributed by atoms with Gasteiger partial charge in [0, 0.05) is 31.4 Å². The summed E-state index contributed by atoms with van der Waals surface area (Å²) in [6, 6.07) is 14.8. The van der Waals surface area contributed by atoms with E-state index in [1.807, 2.05) is 11.9 Å². The molecule has 1 aromatic heterocycles. The van der Waals surface area contributed by atoms with Crippen molar-refractivity contribution in [3.05, 3.63) is 60.5 Å². The van der Waals surface area contributed by atoms with Crippen molar-refractivity contribution >= 4 is 15.7 Å². The van der Waals surface area contributed by atoms with Gasteiger partial charge >= 0.3 is 12.1 Å². The second-order valence-electron chi connectivity index (χ2n) is 6.87. The van der Waals surface area contributed by atoms with Gasteiger partial charge < -0.3 is 9.42 Å². The molecule has 0 saturated carbocycles. The molecule has 1 aliphatic heterocycles. The molecule has 2 aromatic carbocycles. The molecule has 0 aliphatic carbocycles. The topological polar surface area (TPSA) is 79.5 Å². The summed E-state index contributed by atoms with van der Waals surface area (Å²) in [5, 5.41) is 3.36. The Hall–Kier alpha value is -2.92. The third kappa shape index (κ3) is 3.77. The fraction of sp³-hybridized carbons (Fsp3) is 0.263. The van der Waals surface area contributed by atoms with Gasteiger partial charge in [0.25, 0.3) is 0 Å². The van der Waals surface area contributed by atoms with Crippen LogP contribution in [0.15, 0.2) is 64.0 Å². The molecule has 0 N–H and O–H groups in total. The minimum absolute atomic E-state index is 0.0173. The summed E-state index contributed by atoms with van der Waals surface area (Å²) in [4.78, 5) is 5.55. The molecular formula is C19H17F3N4O3S. The highest BCUT2D eigenvalue weighted by atomic mass is 32.2. The number of benzene rings is 2. The Labute approximate surface area is 170 Å². The zero-order valence-electron chi connectivity index (χ0n) is 15.7. The molecule has 7 nitrogen and oxygen atoms in total. The van der Waals surface area contributed by atoms with Crippen LogP contribution in [0.25, 0.3) is 11.4 Å². The Morgan fingerprint density at radius 3 is 2.27 bits per heavy atom. The van der Waals surface area contributed by atoms with Crippen molar-refractivity contribution in [3.63, 3.8) is 0 Å². The molecule has 0 atom stereocenters. The van der Waals surface area contributed by atoms with Crippen molar-refractivity contribution in [2.45, 2.75) is 17.1 Å². The zero-order valence-corrected chi connectivity index (χ0v) is 16.6. The predicted octanol–water partition coefficient (Wildman–Crippen LogP) is 3.26. The minimum Gasteiger partial charge on any atom is -0.369 e. The van der Waals surface area contributed by atoms with Crippen LogP contribution < -0.4 is 4.90 Å². The SMILES string of the molecule is CN(c1ccc(-c2noc(C(F)(F)F)n2)cc1)C1CN(S(=O)(=O)c2ccccc2)C1. The number of likely N-dealkylation sites (N-methyl/N-ethyl adjacent to an activating group) is 1. The highest BCUT2D eigenvalue weighted by Gasteiger charge is 2.39. The van der Waals surface area contributed by atoms with E-state index in [0.717, 1.165) is 5.69 Å². The molecule has 0 bridgehead atoms. The maximum Gasteiger partial charge on any atom is 0.471 e. The number of sulfonamides is 1. The quantitative estimate of drug-likeness (QED) is 0.609. The van der Waals surface area contributed by atoms with Crippen molar-refractivity contribution in [1.29, 1.82) is 0 Å². The van der Waals surface area contributed by atoms with Crippen molar-refractivity contribution in [2.75, 3.05) is 25.0 Å². The average molecular weight is 438 g/mol. The van der Waals surface area contributed by atoms with Gasteiger partial charge in [0.1, 0.15) is 0 Å². The molecule has 2 heterocycles. The average Bonchev–Trinajstić information content (AvgIpc) is 3.18. The summed E-state index contributed by atoms with van der Waals surface area (Å²) in [5.41, 5.74) is 1.17. The van der Waals surface area contributed by atoms with Crippen LogP contribution in [0.5, 0.6) is 0 Å². The molecule has 30 heavy (non-hydrogen) atoms. The largest absolute Gasteiger partial charge is 0.471 e. The van der Waals surface area contributed by atoms with Crippen LogP contribution in [0.2, 0.25) is 0 Å². The summed E-state index contributed by atoms with van der Waals surface area (Å²) in [6.45, 7) is 0.685. The number of anilines is 1. The first kappa shape index (κ1) is 20.4. The van der Waals surface area contributed by atoms with Gasteiger partial charge in [-0.25, -0.2) is 8.42 Å². The number of halogens is 3. The molecule has 1 saturated heterocycles. The first-order chi connectivity index (χ1) is 14.2. The lowest BCUT2D eigenvalue weighted by Gasteiger charge is -2.43. The van der Waals surface area contributed by atoms with E-state index in [9.17, 15) is 21.6 Å². The number of alkyl halides is 3. The second-order valence-corrected chi connectivity index (χ2v) is 8.81. The lowest BCUT2D eigenvalue weighted by atomic mass is 10.1. The van der Waals surface area contributed by atoms with E-state index >= 15 is 0 Å². The van der Waals surface area contributed by atoms with Crippen molar-refractivity contribution < 1.29 is 26.1 Å². The monoisotopic (exact) mass is 438 g/mol. The van der Waals surface area contributed by atoms with Crippen LogP contribution in [0.3, 0.4) is 0 Å². The molecule has 158 valence electrons. The van der Waals surface area contributed by atoms with Gasteiger partial charge in [-0.2, -0.15) is 22.5 Å². The van der Waals surface area contributed by atoms with Crippen LogP contribution in [-0.4, -0.2) is 49.0 Å². The number of rotatable bonds is 5. The lowest BCUT2D eigenvalue weighted by molar-refractivity contribution is -0.159. The van der Waals surface area contributed by atoms with Crippen LogP contribution >= 0.6 is 0 Å². The standard InChI is InChI=1S/C19H17F3N4O3S/c1-25(15-11-26(12-15)30(27,28)16-5-3-2-4-6-16)14-9-7-13(8-10-14)17-23-18(29-24-17)19(20,21)22/h2-10,15H,11-12H2,1H3. The molecule has 4 rings (SSSR count). The molecule has 1 aliphatic rings. The predicted molar refractivity (Wildman–Crippen MR) is 102 cm³/mol. The summed E-state index contributed by atoms with van der Waals surface area (Å²) in [6.07, 6.45) is -4.69. The van der Waals surface area contributed by atoms with Crippen LogP contribution in [0.4, 0.5) is 18.9 Å². The normalized spacial score (nSPS) is 15.7. The highest BCUT2D eigenvalue weighted by Crippen LogP contribution is 2.31. The van der Waals surface area contributed by atoms with E-state index < -0.39 is 22.1 Å². The Morgan fingerprint density at radius 1 is 1.07 bits per heavy atom. The molecular weight excluding hydrogens is 421 g/mol. The number of nitrogens with zero attached hydrogens (tertiary/aromatic N) is 4. The molecule has 1 fully saturated rings. The number of aromatic nitrogens is 2. The first-order valence-corrected chi connectivity index (χ1v) is 10.4. The number of hydrogen-bond acceptors (Lipinski definition) is 6. The van der Waals surface area contributed by atoms with E-state index in [-0.39, 0.29) is 16.8 Å². The van der Waals surface area contributed by atoms with Gasteiger partial charge in [-0.15, -0.1) is 0 Å². The fourth-order valence-electron chi connectivity index (χ4n) is 3.11. The van der Waals surface area contributed by atoms with Crippen molar-refractivity contribution in [1.82, 2.24) is 14.4 Å². The van der Waals surface area contributed by atoms with E-state index in [4.69, 9.17) is 0 Å². The van der Waals surface area contributed by atoms with E-state index in [1.165, 1.54) is 4.31 Å². The van der Waals surface area contributed by atoms with E-state index in [0.29, 0.717) is 18.7 Å². The number of hydrogen-bond donors (Lipinski definition) is 0. The summed E-state index contributed by atoms with van der Waals surface area (Å²) in [7, 11) is -1.68. The Kier molecular flexibility index (Phi) is 5.02. The molecule has 0 radical (unpaired) electrons. The maximum absolute atomic E-state index is 12.6. The van der Waals surface area contributed by atoms with Gasteiger partial charge in [0.15, 0.2) is 0 Å². The smallest absolute Gasteiger partial charge is 0.369 e. The minimum atomic E-state index is -4.69. The Balaban J connectivity index is 1.42. The first-order valence-electron chi connectivity index (χ1n) is 8.95. The van der Waals surface area contributed by atoms with Gasteiger partial charge in [0.05, 0.1) is 10.9 Å². The summed E-state index contributed by atoms with van der Waals surface area (Å²) in [5.74, 6) is -1.55. The van der Waals surface area contributed by atoms with E-state index in [1.54, 1.807) is 54.6 Å². The maximum atomic E-state index is 12.6. The van der Waals surface area contributed by atoms with Crippen molar-refractivity contribution in [2.24, 2.45) is 0 Å². The van der Waals surface area contributed by atoms with Gasteiger partial charge in [-0.3, -0.25) is 0 Å². The third-order valence-electron chi connectivity index (χ3n) is 4.96. The van der Waals surface area contributed by atoms with Crippen LogP contribution in [0, 0.1) is 0 Å². The second kappa shape index (κ2) is 7.40. The fourth-order valence-corrected chi connectivity index (χ4v) is 4.65. The zero-order chi connectivity index (χ0) is 21.5. The Morgan fingerprint density at radius 2 is 1.70 bits per heavy atom. The molecule has 11 heteroatoms. The third-order valence-corrected chi connectivity index (χ3v) is 6.80.